The average Bonchev–Trinajstić information content (AvgIpc) is 2.33. The number of nitrogens with zero attached hydrogens (tertiary/aromatic N) is 1. The summed E-state index contributed by atoms with van der Waals surface area (Å²) in [5, 5.41) is 8.82. The molecule has 0 fully saturated rings. The van der Waals surface area contributed by atoms with Crippen LogP contribution in [-0.2, 0) is 4.79 Å². The van der Waals surface area contributed by atoms with E-state index in [1.807, 2.05) is 31.2 Å². The van der Waals surface area contributed by atoms with Gasteiger partial charge >= 0.3 is 5.97 Å². The van der Waals surface area contributed by atoms with E-state index in [1.54, 1.807) is 6.08 Å². The van der Waals surface area contributed by atoms with Gasteiger partial charge in [0.1, 0.15) is 0 Å². The second-order valence-electron chi connectivity index (χ2n) is 5.80. The number of aliphatic carboxylic acids is 1. The fraction of sp³-hybridized carbons (Fsp3) is 0.353. The van der Waals surface area contributed by atoms with Crippen LogP contribution >= 0.6 is 0 Å². The topological polar surface area (TPSA) is 40.5 Å². The number of carbonyl (C=O) groups is 1. The number of hydrogen-bond donors (Lipinski definition) is 1. The maximum Gasteiger partial charge on any atom is 0.328 e. The molecule has 0 heterocycles. The molecular weight excluding hydrogens is 250 g/mol. The zero-order valence-corrected chi connectivity index (χ0v) is 12.7. The minimum Gasteiger partial charge on any atom is -0.478 e. The van der Waals surface area contributed by atoms with Crippen molar-refractivity contribution in [2.24, 2.45) is 0 Å². The molecule has 0 aromatic heterocycles. The van der Waals surface area contributed by atoms with Crippen LogP contribution in [0.5, 0.6) is 0 Å². The molecule has 1 aromatic carbocycles. The number of aryl methyl sites for hydroxylation is 1. The van der Waals surface area contributed by atoms with Crippen LogP contribution in [0, 0.1) is 6.92 Å². The molecule has 0 saturated heterocycles. The predicted molar refractivity (Wildman–Crippen MR) is 85.1 cm³/mol. The first-order chi connectivity index (χ1) is 9.25. The standard InChI is InChI=1S/C17H23NO2/c1-6-11-18(17(3,4)5)15-9-7-13(2)12-14(15)8-10-16(19)20/h6-10,12H,1,11H2,2-5H3,(H,19,20)/b10-8+. The largest absolute Gasteiger partial charge is 0.478 e. The third kappa shape index (κ3) is 4.26. The summed E-state index contributed by atoms with van der Waals surface area (Å²) in [6.45, 7) is 12.9. The summed E-state index contributed by atoms with van der Waals surface area (Å²) in [6, 6.07) is 6.07. The molecule has 1 N–H and O–H groups in total. The van der Waals surface area contributed by atoms with Gasteiger partial charge in [0.05, 0.1) is 0 Å². The summed E-state index contributed by atoms with van der Waals surface area (Å²) in [7, 11) is 0. The Balaban J connectivity index is 3.33. The van der Waals surface area contributed by atoms with E-state index < -0.39 is 5.97 Å². The zero-order valence-electron chi connectivity index (χ0n) is 12.7. The quantitative estimate of drug-likeness (QED) is 0.653. The molecule has 20 heavy (non-hydrogen) atoms. The molecule has 0 saturated carbocycles. The van der Waals surface area contributed by atoms with Gasteiger partial charge < -0.3 is 10.0 Å². The summed E-state index contributed by atoms with van der Waals surface area (Å²) >= 11 is 0. The van der Waals surface area contributed by atoms with Crippen LogP contribution in [0.1, 0.15) is 31.9 Å². The number of carboxylic acids is 1. The minimum absolute atomic E-state index is 0.0741. The molecule has 0 unspecified atom stereocenters. The van der Waals surface area contributed by atoms with Crippen molar-refractivity contribution in [1.29, 1.82) is 0 Å². The molecule has 1 rings (SSSR count). The summed E-state index contributed by atoms with van der Waals surface area (Å²) < 4.78 is 0. The molecule has 3 nitrogen and oxygen atoms in total. The Hall–Kier alpha value is -2.03. The summed E-state index contributed by atoms with van der Waals surface area (Å²) in [4.78, 5) is 13.0. The molecule has 0 aliphatic rings. The highest BCUT2D eigenvalue weighted by Crippen LogP contribution is 2.29. The van der Waals surface area contributed by atoms with Crippen molar-refractivity contribution < 1.29 is 9.90 Å². The number of anilines is 1. The lowest BCUT2D eigenvalue weighted by atomic mass is 10.0. The van der Waals surface area contributed by atoms with Gasteiger partial charge in [-0.05, 0) is 51.5 Å². The first-order valence-electron chi connectivity index (χ1n) is 6.66. The first-order valence-corrected chi connectivity index (χ1v) is 6.66. The fourth-order valence-electron chi connectivity index (χ4n) is 2.08. The lowest BCUT2D eigenvalue weighted by molar-refractivity contribution is -0.131. The van der Waals surface area contributed by atoms with Crippen LogP contribution in [0.4, 0.5) is 5.69 Å². The summed E-state index contributed by atoms with van der Waals surface area (Å²) in [6.07, 6.45) is 4.68. The highest BCUT2D eigenvalue weighted by atomic mass is 16.4. The van der Waals surface area contributed by atoms with Gasteiger partial charge in [-0.1, -0.05) is 17.7 Å². The van der Waals surface area contributed by atoms with Gasteiger partial charge in [-0.25, -0.2) is 4.79 Å². The normalized spacial score (nSPS) is 11.6. The van der Waals surface area contributed by atoms with E-state index in [0.29, 0.717) is 6.54 Å². The molecule has 3 heteroatoms. The Bertz CT molecular complexity index is 524. The molecule has 108 valence electrons. The van der Waals surface area contributed by atoms with Crippen molar-refractivity contribution in [3.63, 3.8) is 0 Å². The van der Waals surface area contributed by atoms with Crippen molar-refractivity contribution in [2.75, 3.05) is 11.4 Å². The van der Waals surface area contributed by atoms with Crippen LogP contribution in [0.3, 0.4) is 0 Å². The molecule has 0 aliphatic heterocycles. The lowest BCUT2D eigenvalue weighted by Gasteiger charge is -2.38. The molecule has 0 atom stereocenters. The summed E-state index contributed by atoms with van der Waals surface area (Å²) in [5.74, 6) is -0.941. The van der Waals surface area contributed by atoms with Crippen LogP contribution < -0.4 is 4.90 Å². The molecule has 0 bridgehead atoms. The number of carboxylic acid groups (broad SMARTS) is 1. The Kier molecular flexibility index (Phi) is 5.14. The van der Waals surface area contributed by atoms with Crippen LogP contribution in [0.25, 0.3) is 6.08 Å². The second kappa shape index (κ2) is 6.42. The number of rotatable bonds is 5. The van der Waals surface area contributed by atoms with Crippen LogP contribution in [-0.4, -0.2) is 23.2 Å². The monoisotopic (exact) mass is 273 g/mol. The molecule has 0 amide bonds. The van der Waals surface area contributed by atoms with Gasteiger partial charge in [0, 0.05) is 23.8 Å². The van der Waals surface area contributed by atoms with E-state index in [2.05, 4.69) is 32.3 Å². The van der Waals surface area contributed by atoms with Gasteiger partial charge in [-0.3, -0.25) is 0 Å². The highest BCUT2D eigenvalue weighted by Gasteiger charge is 2.22. The molecule has 1 aromatic rings. The summed E-state index contributed by atoms with van der Waals surface area (Å²) in [5.41, 5.74) is 2.95. The molecular formula is C17H23NO2. The molecule has 0 spiro atoms. The molecule has 0 aliphatic carbocycles. The smallest absolute Gasteiger partial charge is 0.328 e. The van der Waals surface area contributed by atoms with E-state index in [-0.39, 0.29) is 5.54 Å². The van der Waals surface area contributed by atoms with Crippen LogP contribution in [0.2, 0.25) is 0 Å². The maximum atomic E-state index is 10.7. The second-order valence-corrected chi connectivity index (χ2v) is 5.80. The van der Waals surface area contributed by atoms with Crippen molar-refractivity contribution in [3.8, 4) is 0 Å². The first kappa shape index (κ1) is 16.0. The van der Waals surface area contributed by atoms with Gasteiger partial charge in [0.2, 0.25) is 0 Å². The van der Waals surface area contributed by atoms with Crippen molar-refractivity contribution in [2.45, 2.75) is 33.2 Å². The van der Waals surface area contributed by atoms with Crippen LogP contribution in [0.15, 0.2) is 36.9 Å². The fourth-order valence-corrected chi connectivity index (χ4v) is 2.08. The zero-order chi connectivity index (χ0) is 15.3. The number of benzene rings is 1. The molecule has 0 radical (unpaired) electrons. The van der Waals surface area contributed by atoms with E-state index in [4.69, 9.17) is 5.11 Å². The lowest BCUT2D eigenvalue weighted by Crippen LogP contribution is -2.42. The third-order valence-electron chi connectivity index (χ3n) is 3.00. The highest BCUT2D eigenvalue weighted by molar-refractivity contribution is 5.87. The average molecular weight is 273 g/mol. The van der Waals surface area contributed by atoms with Crippen molar-refractivity contribution in [3.05, 3.63) is 48.1 Å². The van der Waals surface area contributed by atoms with E-state index in [0.717, 1.165) is 16.8 Å². The Morgan fingerprint density at radius 2 is 2.05 bits per heavy atom. The van der Waals surface area contributed by atoms with Gasteiger partial charge in [0.15, 0.2) is 0 Å². The van der Waals surface area contributed by atoms with E-state index >= 15 is 0 Å². The Morgan fingerprint density at radius 3 is 2.55 bits per heavy atom. The number of hydrogen-bond acceptors (Lipinski definition) is 2. The third-order valence-corrected chi connectivity index (χ3v) is 3.00. The Labute approximate surface area is 121 Å². The van der Waals surface area contributed by atoms with Crippen molar-refractivity contribution in [1.82, 2.24) is 0 Å². The maximum absolute atomic E-state index is 10.7. The van der Waals surface area contributed by atoms with Gasteiger partial charge in [0.25, 0.3) is 0 Å². The van der Waals surface area contributed by atoms with E-state index in [9.17, 15) is 4.79 Å². The van der Waals surface area contributed by atoms with Gasteiger partial charge in [-0.15, -0.1) is 6.58 Å². The minimum atomic E-state index is -0.941. The SMILES string of the molecule is C=CCN(c1ccc(C)cc1/C=C/C(=O)O)C(C)(C)C. The van der Waals surface area contributed by atoms with E-state index in [1.165, 1.54) is 6.08 Å². The Morgan fingerprint density at radius 1 is 1.40 bits per heavy atom. The predicted octanol–water partition coefficient (Wildman–Crippen LogP) is 3.88. The van der Waals surface area contributed by atoms with Crippen molar-refractivity contribution >= 4 is 17.7 Å². The van der Waals surface area contributed by atoms with Gasteiger partial charge in [-0.2, -0.15) is 0 Å².